The third-order valence-electron chi connectivity index (χ3n) is 9.61. The van der Waals surface area contributed by atoms with Crippen molar-refractivity contribution in [2.24, 2.45) is 0 Å². The summed E-state index contributed by atoms with van der Waals surface area (Å²) in [6.07, 6.45) is 3.31. The van der Waals surface area contributed by atoms with Gasteiger partial charge in [0.1, 0.15) is 0 Å². The number of anilines is 1. The lowest BCUT2D eigenvalue weighted by Gasteiger charge is -2.28. The maximum absolute atomic E-state index is 13.8. The number of ether oxygens (including phenoxy) is 2. The summed E-state index contributed by atoms with van der Waals surface area (Å²) in [5, 5.41) is 7.96. The van der Waals surface area contributed by atoms with Crippen LogP contribution in [0.1, 0.15) is 84.9 Å². The molecule has 0 heterocycles. The van der Waals surface area contributed by atoms with E-state index in [2.05, 4.69) is 106 Å². The van der Waals surface area contributed by atoms with Crippen molar-refractivity contribution < 1.29 is 19.1 Å². The van der Waals surface area contributed by atoms with Crippen LogP contribution in [0.15, 0.2) is 109 Å². The molecule has 5 heteroatoms. The number of rotatable bonds is 12. The van der Waals surface area contributed by atoms with Gasteiger partial charge in [-0.2, -0.15) is 0 Å². The lowest BCUT2D eigenvalue weighted by atomic mass is 9.86. The molecule has 0 radical (unpaired) electrons. The van der Waals surface area contributed by atoms with Gasteiger partial charge in [-0.1, -0.05) is 97.8 Å². The first-order chi connectivity index (χ1) is 24.6. The molecule has 0 aliphatic rings. The fraction of sp³-hybridized carbons (Fsp3) is 0.261. The first-order valence-electron chi connectivity index (χ1n) is 18.1. The van der Waals surface area contributed by atoms with E-state index in [1.54, 1.807) is 19.9 Å². The predicted octanol–water partition coefficient (Wildman–Crippen LogP) is 11.7. The summed E-state index contributed by atoms with van der Waals surface area (Å²) in [5.74, 6) is -0.886. The van der Waals surface area contributed by atoms with E-state index in [0.717, 1.165) is 57.8 Å². The zero-order chi connectivity index (χ0) is 36.1. The van der Waals surface area contributed by atoms with Crippen LogP contribution in [0.2, 0.25) is 0 Å². The Hall–Kier alpha value is -5.42. The van der Waals surface area contributed by atoms with Crippen molar-refractivity contribution in [3.05, 3.63) is 137 Å². The molecule has 6 aromatic rings. The molecule has 0 spiro atoms. The highest BCUT2D eigenvalue weighted by Gasteiger charge is 2.25. The normalized spacial score (nSPS) is 11.5. The third kappa shape index (κ3) is 7.53. The Bertz CT molecular complexity index is 2200. The number of nitrogens with one attached hydrogen (secondary N) is 1. The molecule has 260 valence electrons. The smallest absolute Gasteiger partial charge is 0.338 e. The van der Waals surface area contributed by atoms with Crippen molar-refractivity contribution in [3.63, 3.8) is 0 Å². The van der Waals surface area contributed by atoms with Crippen LogP contribution in [-0.4, -0.2) is 25.2 Å². The largest absolute Gasteiger partial charge is 0.462 e. The summed E-state index contributed by atoms with van der Waals surface area (Å²) in [7, 11) is 0. The van der Waals surface area contributed by atoms with Gasteiger partial charge >= 0.3 is 11.9 Å². The topological polar surface area (TPSA) is 64.6 Å². The van der Waals surface area contributed by atoms with Crippen molar-refractivity contribution in [1.29, 1.82) is 0 Å². The van der Waals surface area contributed by atoms with Crippen LogP contribution >= 0.6 is 0 Å². The fourth-order valence-electron chi connectivity index (χ4n) is 6.86. The molecule has 0 aromatic heterocycles. The average molecular weight is 678 g/mol. The monoisotopic (exact) mass is 677 g/mol. The Kier molecular flexibility index (Phi) is 10.6. The molecular formula is C46H47NO4. The number of hydrogen-bond donors (Lipinski definition) is 1. The molecule has 0 saturated carbocycles. The summed E-state index contributed by atoms with van der Waals surface area (Å²) in [4.78, 5) is 27.5. The summed E-state index contributed by atoms with van der Waals surface area (Å²) >= 11 is 0. The fourth-order valence-corrected chi connectivity index (χ4v) is 6.86. The van der Waals surface area contributed by atoms with Crippen LogP contribution < -0.4 is 5.32 Å². The van der Waals surface area contributed by atoms with Gasteiger partial charge in [0.2, 0.25) is 0 Å². The summed E-state index contributed by atoms with van der Waals surface area (Å²) < 4.78 is 11.3. The van der Waals surface area contributed by atoms with Crippen LogP contribution in [0.4, 0.5) is 5.69 Å². The SMILES string of the molecule is CCCCc1ccc2cc(-c3cc(C(=O)OCC)c(-c4ccc(C(C)(C)Nc5ccc(C)cc5)cc4)cc3C(=O)OCC)c3ccccc3c2c1. The number of unbranched alkanes of at least 4 members (excludes halogenated alkanes) is 1. The van der Waals surface area contributed by atoms with Crippen molar-refractivity contribution in [2.75, 3.05) is 18.5 Å². The zero-order valence-electron chi connectivity index (χ0n) is 30.6. The average Bonchev–Trinajstić information content (AvgIpc) is 3.14. The Morgan fingerprint density at radius 2 is 1.27 bits per heavy atom. The number of fused-ring (bicyclic) bond motifs is 3. The van der Waals surface area contributed by atoms with Crippen LogP contribution in [-0.2, 0) is 21.4 Å². The maximum Gasteiger partial charge on any atom is 0.338 e. The van der Waals surface area contributed by atoms with Gasteiger partial charge < -0.3 is 14.8 Å². The highest BCUT2D eigenvalue weighted by Crippen LogP contribution is 2.40. The predicted molar refractivity (Wildman–Crippen MR) is 211 cm³/mol. The van der Waals surface area contributed by atoms with Crippen LogP contribution in [0.3, 0.4) is 0 Å². The molecular weight excluding hydrogens is 631 g/mol. The van der Waals surface area contributed by atoms with E-state index >= 15 is 0 Å². The van der Waals surface area contributed by atoms with Gasteiger partial charge in [0, 0.05) is 5.69 Å². The molecule has 0 saturated heterocycles. The molecule has 0 fully saturated rings. The van der Waals surface area contributed by atoms with E-state index in [-0.39, 0.29) is 18.8 Å². The van der Waals surface area contributed by atoms with E-state index in [9.17, 15) is 9.59 Å². The van der Waals surface area contributed by atoms with E-state index in [0.29, 0.717) is 22.3 Å². The molecule has 0 bridgehead atoms. The minimum atomic E-state index is -0.444. The van der Waals surface area contributed by atoms with Crippen molar-refractivity contribution >= 4 is 39.2 Å². The summed E-state index contributed by atoms with van der Waals surface area (Å²) in [6.45, 7) is 12.6. The van der Waals surface area contributed by atoms with Crippen molar-refractivity contribution in [3.8, 4) is 22.3 Å². The molecule has 0 aliphatic carbocycles. The van der Waals surface area contributed by atoms with Gasteiger partial charge in [0.05, 0.1) is 29.9 Å². The number of carbonyl (C=O) groups excluding carboxylic acids is 2. The maximum atomic E-state index is 13.8. The first kappa shape index (κ1) is 35.4. The van der Waals surface area contributed by atoms with Gasteiger partial charge in [-0.05, 0) is 133 Å². The van der Waals surface area contributed by atoms with E-state index in [4.69, 9.17) is 9.47 Å². The Balaban J connectivity index is 1.51. The highest BCUT2D eigenvalue weighted by atomic mass is 16.5. The molecule has 0 amide bonds. The van der Waals surface area contributed by atoms with Crippen LogP contribution in [0, 0.1) is 6.92 Å². The second-order valence-electron chi connectivity index (χ2n) is 13.7. The van der Waals surface area contributed by atoms with Crippen LogP contribution in [0.25, 0.3) is 43.8 Å². The van der Waals surface area contributed by atoms with Crippen LogP contribution in [0.5, 0.6) is 0 Å². The minimum Gasteiger partial charge on any atom is -0.462 e. The lowest BCUT2D eigenvalue weighted by Crippen LogP contribution is -2.27. The number of carbonyl (C=O) groups is 2. The molecule has 51 heavy (non-hydrogen) atoms. The minimum absolute atomic E-state index is 0.226. The quantitative estimate of drug-likeness (QED) is 0.103. The summed E-state index contributed by atoms with van der Waals surface area (Å²) in [5.41, 5.74) is 7.95. The first-order valence-corrected chi connectivity index (χ1v) is 18.1. The van der Waals surface area contributed by atoms with Gasteiger partial charge in [-0.3, -0.25) is 0 Å². The highest BCUT2D eigenvalue weighted by molar-refractivity contribution is 6.16. The summed E-state index contributed by atoms with van der Waals surface area (Å²) in [6, 6.07) is 37.2. The Morgan fingerprint density at radius 1 is 0.647 bits per heavy atom. The van der Waals surface area contributed by atoms with Gasteiger partial charge in [0.25, 0.3) is 0 Å². The third-order valence-corrected chi connectivity index (χ3v) is 9.61. The number of aryl methyl sites for hydroxylation is 2. The van der Waals surface area contributed by atoms with Crippen molar-refractivity contribution in [1.82, 2.24) is 0 Å². The molecule has 0 unspecified atom stereocenters. The number of benzene rings is 6. The molecule has 5 nitrogen and oxygen atoms in total. The van der Waals surface area contributed by atoms with Gasteiger partial charge in [0.15, 0.2) is 0 Å². The van der Waals surface area contributed by atoms with Gasteiger partial charge in [-0.25, -0.2) is 9.59 Å². The second-order valence-corrected chi connectivity index (χ2v) is 13.7. The molecule has 0 atom stereocenters. The van der Waals surface area contributed by atoms with Crippen molar-refractivity contribution in [2.45, 2.75) is 66.3 Å². The number of esters is 2. The Labute approximate surface area is 301 Å². The molecule has 6 rings (SSSR count). The second kappa shape index (κ2) is 15.2. The molecule has 0 aliphatic heterocycles. The zero-order valence-corrected chi connectivity index (χ0v) is 30.6. The standard InChI is InChI=1S/C46H47NO4/c1-7-10-13-31-18-19-33-27-40(37-15-12-11-14-36(37)38(33)26-31)41-29-42(44(48)50-8-2)39(28-43(41)45(49)51-9-3)32-20-22-34(23-21-32)46(5,6)47-35-24-16-30(4)17-25-35/h11-12,14-29,47H,7-10,13H2,1-6H3. The Morgan fingerprint density at radius 3 is 1.92 bits per heavy atom. The molecule has 6 aromatic carbocycles. The number of hydrogen-bond acceptors (Lipinski definition) is 5. The van der Waals surface area contributed by atoms with E-state index < -0.39 is 11.9 Å². The van der Waals surface area contributed by atoms with E-state index in [1.165, 1.54) is 16.5 Å². The lowest BCUT2D eigenvalue weighted by molar-refractivity contribution is 0.0513. The van der Waals surface area contributed by atoms with E-state index in [1.807, 2.05) is 30.3 Å². The van der Waals surface area contributed by atoms with Gasteiger partial charge in [-0.15, -0.1) is 0 Å². The molecule has 1 N–H and O–H groups in total.